The first-order valence-electron chi connectivity index (χ1n) is 7.62. The summed E-state index contributed by atoms with van der Waals surface area (Å²) in [7, 11) is 0. The number of carboxylic acid groups (broad SMARTS) is 1. The molecule has 2 N–H and O–H groups in total. The molecule has 2 aromatic carbocycles. The molecule has 23 heavy (non-hydrogen) atoms. The van der Waals surface area contributed by atoms with Crippen molar-refractivity contribution in [3.05, 3.63) is 65.2 Å². The summed E-state index contributed by atoms with van der Waals surface area (Å²) in [5.41, 5.74) is 3.13. The maximum Gasteiger partial charge on any atom is 0.310 e. The number of amides is 1. The Morgan fingerprint density at radius 2 is 1.39 bits per heavy atom. The maximum atomic E-state index is 12.2. The summed E-state index contributed by atoms with van der Waals surface area (Å²) in [5, 5.41) is 11.8. The van der Waals surface area contributed by atoms with Gasteiger partial charge >= 0.3 is 5.97 Å². The molecule has 0 aliphatic carbocycles. The number of carboxylic acids is 1. The van der Waals surface area contributed by atoms with Crippen LogP contribution in [0.2, 0.25) is 0 Å². The molecule has 0 saturated heterocycles. The Morgan fingerprint density at radius 1 is 0.870 bits per heavy atom. The molecule has 120 valence electrons. The van der Waals surface area contributed by atoms with Gasteiger partial charge in [0.05, 0.1) is 5.92 Å². The van der Waals surface area contributed by atoms with Crippen molar-refractivity contribution >= 4 is 17.6 Å². The van der Waals surface area contributed by atoms with Gasteiger partial charge in [0.1, 0.15) is 0 Å². The molecule has 1 unspecified atom stereocenters. The van der Waals surface area contributed by atoms with Crippen LogP contribution in [0.15, 0.2) is 48.5 Å². The molecular weight excluding hydrogens is 290 g/mol. The SMILES string of the molecule is CC(C)c1ccc(C(=O)Nc2ccc(C(C)C(=O)O)cc2)cc1. The maximum absolute atomic E-state index is 12.2. The van der Waals surface area contributed by atoms with Crippen molar-refractivity contribution in [3.63, 3.8) is 0 Å². The third-order valence-electron chi connectivity index (χ3n) is 3.88. The number of nitrogens with one attached hydrogen (secondary N) is 1. The monoisotopic (exact) mass is 311 g/mol. The van der Waals surface area contributed by atoms with E-state index >= 15 is 0 Å². The van der Waals surface area contributed by atoms with Gasteiger partial charge in [0.25, 0.3) is 5.91 Å². The minimum absolute atomic E-state index is 0.181. The van der Waals surface area contributed by atoms with Gasteiger partial charge in [-0.15, -0.1) is 0 Å². The second-order valence-corrected chi connectivity index (χ2v) is 5.91. The summed E-state index contributed by atoms with van der Waals surface area (Å²) >= 11 is 0. The smallest absolute Gasteiger partial charge is 0.310 e. The normalized spacial score (nSPS) is 12.0. The number of benzene rings is 2. The molecule has 0 radical (unpaired) electrons. The predicted molar refractivity (Wildman–Crippen MR) is 91.0 cm³/mol. The molecule has 0 aromatic heterocycles. The fourth-order valence-electron chi connectivity index (χ4n) is 2.22. The number of carbonyl (C=O) groups is 2. The van der Waals surface area contributed by atoms with Crippen molar-refractivity contribution in [2.45, 2.75) is 32.6 Å². The van der Waals surface area contributed by atoms with Crippen LogP contribution in [0.3, 0.4) is 0 Å². The number of hydrogen-bond acceptors (Lipinski definition) is 2. The van der Waals surface area contributed by atoms with Crippen LogP contribution in [0, 0.1) is 0 Å². The zero-order valence-corrected chi connectivity index (χ0v) is 13.5. The van der Waals surface area contributed by atoms with Crippen molar-refractivity contribution < 1.29 is 14.7 Å². The second kappa shape index (κ2) is 7.09. The van der Waals surface area contributed by atoms with Gasteiger partial charge in [-0.25, -0.2) is 0 Å². The lowest BCUT2D eigenvalue weighted by Crippen LogP contribution is -2.12. The Bertz CT molecular complexity index is 688. The number of rotatable bonds is 5. The quantitative estimate of drug-likeness (QED) is 0.867. The molecule has 4 heteroatoms. The number of aliphatic carboxylic acids is 1. The van der Waals surface area contributed by atoms with E-state index in [1.54, 1.807) is 31.2 Å². The summed E-state index contributed by atoms with van der Waals surface area (Å²) in [6.07, 6.45) is 0. The van der Waals surface area contributed by atoms with E-state index in [1.807, 2.05) is 24.3 Å². The Hall–Kier alpha value is -2.62. The molecule has 0 bridgehead atoms. The molecule has 0 spiro atoms. The third-order valence-corrected chi connectivity index (χ3v) is 3.88. The van der Waals surface area contributed by atoms with Gasteiger partial charge in [-0.2, -0.15) is 0 Å². The van der Waals surface area contributed by atoms with Crippen LogP contribution in [0.5, 0.6) is 0 Å². The minimum atomic E-state index is -0.868. The summed E-state index contributed by atoms with van der Waals surface area (Å²) < 4.78 is 0. The number of carbonyl (C=O) groups excluding carboxylic acids is 1. The fraction of sp³-hybridized carbons (Fsp3) is 0.263. The topological polar surface area (TPSA) is 66.4 Å². The Labute approximate surface area is 136 Å². The molecule has 0 heterocycles. The fourth-order valence-corrected chi connectivity index (χ4v) is 2.22. The molecule has 4 nitrogen and oxygen atoms in total. The summed E-state index contributed by atoms with van der Waals surface area (Å²) in [6.45, 7) is 5.84. The highest BCUT2D eigenvalue weighted by atomic mass is 16.4. The van der Waals surface area contributed by atoms with Crippen LogP contribution in [-0.4, -0.2) is 17.0 Å². The lowest BCUT2D eigenvalue weighted by molar-refractivity contribution is -0.138. The Kier molecular flexibility index (Phi) is 5.16. The molecule has 2 rings (SSSR count). The highest BCUT2D eigenvalue weighted by Gasteiger charge is 2.13. The molecule has 1 atom stereocenters. The summed E-state index contributed by atoms with van der Waals surface area (Å²) in [5.74, 6) is -1.19. The van der Waals surface area contributed by atoms with E-state index in [4.69, 9.17) is 5.11 Å². The lowest BCUT2D eigenvalue weighted by Gasteiger charge is -2.10. The van der Waals surface area contributed by atoms with Crippen molar-refractivity contribution in [2.24, 2.45) is 0 Å². The molecular formula is C19H21NO3. The third kappa shape index (κ3) is 4.19. The van der Waals surface area contributed by atoms with E-state index in [1.165, 1.54) is 5.56 Å². The zero-order valence-electron chi connectivity index (χ0n) is 13.5. The van der Waals surface area contributed by atoms with E-state index in [0.717, 1.165) is 0 Å². The van der Waals surface area contributed by atoms with Gasteiger partial charge in [-0.05, 0) is 48.2 Å². The zero-order chi connectivity index (χ0) is 17.0. The van der Waals surface area contributed by atoms with Crippen molar-refractivity contribution in [1.29, 1.82) is 0 Å². The largest absolute Gasteiger partial charge is 0.481 e. The molecule has 0 aliphatic rings. The van der Waals surface area contributed by atoms with Crippen LogP contribution in [-0.2, 0) is 4.79 Å². The Balaban J connectivity index is 2.06. The van der Waals surface area contributed by atoms with Crippen LogP contribution >= 0.6 is 0 Å². The Morgan fingerprint density at radius 3 is 1.87 bits per heavy atom. The molecule has 2 aromatic rings. The summed E-state index contributed by atoms with van der Waals surface area (Å²) in [6, 6.07) is 14.4. The van der Waals surface area contributed by atoms with Gasteiger partial charge in [-0.3, -0.25) is 9.59 Å². The van der Waals surface area contributed by atoms with Crippen LogP contribution in [0.25, 0.3) is 0 Å². The molecule has 0 saturated carbocycles. The first-order valence-corrected chi connectivity index (χ1v) is 7.62. The highest BCUT2D eigenvalue weighted by molar-refractivity contribution is 6.04. The van der Waals surface area contributed by atoms with Gasteiger partial charge in [-0.1, -0.05) is 38.1 Å². The van der Waals surface area contributed by atoms with Gasteiger partial charge in [0.2, 0.25) is 0 Å². The average Bonchev–Trinajstić information content (AvgIpc) is 2.54. The molecule has 0 fully saturated rings. The van der Waals surface area contributed by atoms with E-state index in [9.17, 15) is 9.59 Å². The van der Waals surface area contributed by atoms with Crippen molar-refractivity contribution in [1.82, 2.24) is 0 Å². The molecule has 0 aliphatic heterocycles. The van der Waals surface area contributed by atoms with Crippen LogP contribution in [0.1, 0.15) is 54.1 Å². The van der Waals surface area contributed by atoms with Gasteiger partial charge < -0.3 is 10.4 Å². The first-order chi connectivity index (χ1) is 10.9. The van der Waals surface area contributed by atoms with E-state index in [2.05, 4.69) is 19.2 Å². The van der Waals surface area contributed by atoms with E-state index in [0.29, 0.717) is 22.7 Å². The van der Waals surface area contributed by atoms with Gasteiger partial charge in [0.15, 0.2) is 0 Å². The highest BCUT2D eigenvalue weighted by Crippen LogP contribution is 2.19. The average molecular weight is 311 g/mol. The predicted octanol–water partition coefficient (Wildman–Crippen LogP) is 4.25. The van der Waals surface area contributed by atoms with Crippen molar-refractivity contribution in [3.8, 4) is 0 Å². The molecule has 1 amide bonds. The van der Waals surface area contributed by atoms with Crippen molar-refractivity contribution in [2.75, 3.05) is 5.32 Å². The second-order valence-electron chi connectivity index (χ2n) is 5.91. The summed E-state index contributed by atoms with van der Waals surface area (Å²) in [4.78, 5) is 23.2. The minimum Gasteiger partial charge on any atom is -0.481 e. The van der Waals surface area contributed by atoms with Crippen LogP contribution < -0.4 is 5.32 Å². The first kappa shape index (κ1) is 16.7. The van der Waals surface area contributed by atoms with E-state index < -0.39 is 11.9 Å². The number of hydrogen-bond donors (Lipinski definition) is 2. The lowest BCUT2D eigenvalue weighted by atomic mass is 10.0. The van der Waals surface area contributed by atoms with Crippen LogP contribution in [0.4, 0.5) is 5.69 Å². The van der Waals surface area contributed by atoms with E-state index in [-0.39, 0.29) is 5.91 Å². The number of anilines is 1. The standard InChI is InChI=1S/C19H21NO3/c1-12(2)14-4-6-16(7-5-14)18(21)20-17-10-8-15(9-11-17)13(3)19(22)23/h4-13H,1-3H3,(H,20,21)(H,22,23). The van der Waals surface area contributed by atoms with Gasteiger partial charge in [0, 0.05) is 11.3 Å².